The van der Waals surface area contributed by atoms with E-state index in [4.69, 9.17) is 0 Å². The molecule has 0 aliphatic rings. The lowest BCUT2D eigenvalue weighted by atomic mass is 10.3. The molecule has 1 aromatic heterocycles. The van der Waals surface area contributed by atoms with Crippen molar-refractivity contribution in [3.05, 3.63) is 16.1 Å². The third kappa shape index (κ3) is 5.72. The molecular formula is C13H23N3O3S2. The van der Waals surface area contributed by atoms with Crippen LogP contribution in [0.2, 0.25) is 0 Å². The van der Waals surface area contributed by atoms with Gasteiger partial charge in [-0.25, -0.2) is 9.71 Å². The van der Waals surface area contributed by atoms with Gasteiger partial charge in [-0.2, -0.15) is 12.7 Å². The van der Waals surface area contributed by atoms with Gasteiger partial charge in [-0.3, -0.25) is 4.79 Å². The molecular weight excluding hydrogens is 310 g/mol. The maximum Gasteiger partial charge on any atom is 0.304 e. The van der Waals surface area contributed by atoms with E-state index >= 15 is 0 Å². The van der Waals surface area contributed by atoms with E-state index < -0.39 is 16.1 Å². The van der Waals surface area contributed by atoms with Crippen LogP contribution in [0.1, 0.15) is 54.2 Å². The normalized spacial score (nSPS) is 11.8. The van der Waals surface area contributed by atoms with Gasteiger partial charge in [-0.15, -0.1) is 11.3 Å². The lowest BCUT2D eigenvalue weighted by Crippen LogP contribution is -2.44. The standard InChI is InChI=1S/C13H23N3O3S2/c1-4-6-8-16(9-7-5-2)21(18,19)15-13(17)12-10-14-11(3)20-12/h10H,4-9H2,1-3H3,(H,15,17). The minimum atomic E-state index is -3.79. The Balaban J connectivity index is 2.77. The van der Waals surface area contributed by atoms with E-state index in [9.17, 15) is 13.2 Å². The van der Waals surface area contributed by atoms with Crippen LogP contribution in [0.5, 0.6) is 0 Å². The number of aryl methyl sites for hydroxylation is 1. The summed E-state index contributed by atoms with van der Waals surface area (Å²) in [5.41, 5.74) is 0. The number of hydrogen-bond donors (Lipinski definition) is 1. The SMILES string of the molecule is CCCCN(CCCC)S(=O)(=O)NC(=O)c1cnc(C)s1. The second kappa shape index (κ2) is 8.45. The second-order valence-corrected chi connectivity index (χ2v) is 7.69. The zero-order valence-electron chi connectivity index (χ0n) is 12.8. The van der Waals surface area contributed by atoms with Crippen LogP contribution in [-0.4, -0.2) is 36.7 Å². The van der Waals surface area contributed by atoms with Crippen LogP contribution in [0.15, 0.2) is 6.20 Å². The minimum absolute atomic E-state index is 0.307. The highest BCUT2D eigenvalue weighted by molar-refractivity contribution is 7.87. The number of rotatable bonds is 9. The van der Waals surface area contributed by atoms with Crippen molar-refractivity contribution in [2.45, 2.75) is 46.5 Å². The number of nitrogens with one attached hydrogen (secondary N) is 1. The quantitative estimate of drug-likeness (QED) is 0.752. The first-order valence-corrected chi connectivity index (χ1v) is 9.41. The molecule has 0 radical (unpaired) electrons. The molecule has 0 bridgehead atoms. The van der Waals surface area contributed by atoms with Crippen molar-refractivity contribution in [3.63, 3.8) is 0 Å². The molecule has 0 fully saturated rings. The van der Waals surface area contributed by atoms with Gasteiger partial charge in [-0.1, -0.05) is 26.7 Å². The van der Waals surface area contributed by atoms with E-state index in [2.05, 4.69) is 9.71 Å². The summed E-state index contributed by atoms with van der Waals surface area (Å²) in [4.78, 5) is 16.2. The van der Waals surface area contributed by atoms with Gasteiger partial charge in [0.1, 0.15) is 4.88 Å². The van der Waals surface area contributed by atoms with Crippen molar-refractivity contribution < 1.29 is 13.2 Å². The maximum atomic E-state index is 12.3. The summed E-state index contributed by atoms with van der Waals surface area (Å²) in [7, 11) is -3.79. The molecule has 1 aromatic rings. The molecule has 120 valence electrons. The molecule has 0 aromatic carbocycles. The summed E-state index contributed by atoms with van der Waals surface area (Å²) in [6.07, 6.45) is 4.75. The summed E-state index contributed by atoms with van der Waals surface area (Å²) >= 11 is 1.18. The highest BCUT2D eigenvalue weighted by Crippen LogP contribution is 2.12. The number of amides is 1. The van der Waals surface area contributed by atoms with Gasteiger partial charge < -0.3 is 0 Å². The van der Waals surface area contributed by atoms with E-state index in [0.717, 1.165) is 30.7 Å². The number of carbonyl (C=O) groups is 1. The zero-order valence-corrected chi connectivity index (χ0v) is 14.4. The number of aromatic nitrogens is 1. The van der Waals surface area contributed by atoms with Crippen LogP contribution in [0.3, 0.4) is 0 Å². The van der Waals surface area contributed by atoms with Crippen molar-refractivity contribution in [1.82, 2.24) is 14.0 Å². The molecule has 1 rings (SSSR count). The van der Waals surface area contributed by atoms with Crippen molar-refractivity contribution >= 4 is 27.5 Å². The third-order valence-corrected chi connectivity index (χ3v) is 5.33. The molecule has 1 amide bonds. The Morgan fingerprint density at radius 1 is 1.29 bits per heavy atom. The van der Waals surface area contributed by atoms with E-state index in [1.807, 2.05) is 13.8 Å². The van der Waals surface area contributed by atoms with Gasteiger partial charge >= 0.3 is 10.2 Å². The Hall–Kier alpha value is -0.990. The highest BCUT2D eigenvalue weighted by Gasteiger charge is 2.24. The van der Waals surface area contributed by atoms with E-state index in [-0.39, 0.29) is 0 Å². The lowest BCUT2D eigenvalue weighted by Gasteiger charge is -2.21. The van der Waals surface area contributed by atoms with Gasteiger partial charge in [-0.05, 0) is 19.8 Å². The Labute approximate surface area is 130 Å². The first-order valence-electron chi connectivity index (χ1n) is 7.15. The summed E-state index contributed by atoms with van der Waals surface area (Å²) in [6.45, 7) is 6.64. The zero-order chi connectivity index (χ0) is 15.9. The van der Waals surface area contributed by atoms with Crippen LogP contribution in [0, 0.1) is 6.92 Å². The van der Waals surface area contributed by atoms with Crippen LogP contribution >= 0.6 is 11.3 Å². The average Bonchev–Trinajstić information content (AvgIpc) is 2.85. The van der Waals surface area contributed by atoms with Crippen molar-refractivity contribution in [3.8, 4) is 0 Å². The Bertz CT molecular complexity index is 547. The highest BCUT2D eigenvalue weighted by atomic mass is 32.2. The van der Waals surface area contributed by atoms with Gasteiger partial charge in [0.05, 0.1) is 11.2 Å². The maximum absolute atomic E-state index is 12.3. The predicted octanol–water partition coefficient (Wildman–Crippen LogP) is 2.33. The van der Waals surface area contributed by atoms with Crippen LogP contribution < -0.4 is 4.72 Å². The third-order valence-electron chi connectivity index (χ3n) is 2.93. The van der Waals surface area contributed by atoms with E-state index in [1.165, 1.54) is 21.8 Å². The predicted molar refractivity (Wildman–Crippen MR) is 84.6 cm³/mol. The first kappa shape index (κ1) is 18.1. The van der Waals surface area contributed by atoms with Crippen LogP contribution in [-0.2, 0) is 10.2 Å². The molecule has 1 heterocycles. The molecule has 0 spiro atoms. The fourth-order valence-corrected chi connectivity index (χ4v) is 3.67. The molecule has 0 atom stereocenters. The molecule has 6 nitrogen and oxygen atoms in total. The molecule has 0 unspecified atom stereocenters. The van der Waals surface area contributed by atoms with E-state index in [1.54, 1.807) is 6.92 Å². The first-order chi connectivity index (χ1) is 9.90. The van der Waals surface area contributed by atoms with Crippen molar-refractivity contribution in [2.24, 2.45) is 0 Å². The van der Waals surface area contributed by atoms with Gasteiger partial charge in [0.15, 0.2) is 0 Å². The topological polar surface area (TPSA) is 79.4 Å². The number of hydrogen-bond acceptors (Lipinski definition) is 5. The number of nitrogens with zero attached hydrogens (tertiary/aromatic N) is 2. The van der Waals surface area contributed by atoms with Crippen LogP contribution in [0.25, 0.3) is 0 Å². The molecule has 0 saturated carbocycles. The fraction of sp³-hybridized carbons (Fsp3) is 0.692. The fourth-order valence-electron chi connectivity index (χ4n) is 1.72. The lowest BCUT2D eigenvalue weighted by molar-refractivity contribution is 0.0982. The van der Waals surface area contributed by atoms with Crippen molar-refractivity contribution in [1.29, 1.82) is 0 Å². The Morgan fingerprint density at radius 3 is 2.29 bits per heavy atom. The largest absolute Gasteiger partial charge is 0.304 e. The molecule has 1 N–H and O–H groups in total. The summed E-state index contributed by atoms with van der Waals surface area (Å²) in [5, 5.41) is 0.728. The summed E-state index contributed by atoms with van der Waals surface area (Å²) in [6, 6.07) is 0. The van der Waals surface area contributed by atoms with Gasteiger partial charge in [0.2, 0.25) is 0 Å². The van der Waals surface area contributed by atoms with Crippen LogP contribution in [0.4, 0.5) is 0 Å². The molecule has 8 heteroatoms. The average molecular weight is 333 g/mol. The summed E-state index contributed by atoms with van der Waals surface area (Å²) < 4.78 is 28.1. The monoisotopic (exact) mass is 333 g/mol. The molecule has 21 heavy (non-hydrogen) atoms. The number of unbranched alkanes of at least 4 members (excludes halogenated alkanes) is 2. The number of thiazole rings is 1. The van der Waals surface area contributed by atoms with E-state index in [0.29, 0.717) is 18.0 Å². The smallest absolute Gasteiger partial charge is 0.267 e. The van der Waals surface area contributed by atoms with Gasteiger partial charge in [0.25, 0.3) is 5.91 Å². The number of carbonyl (C=O) groups excluding carboxylic acids is 1. The molecule has 0 aliphatic carbocycles. The van der Waals surface area contributed by atoms with Gasteiger partial charge in [0, 0.05) is 13.1 Å². The van der Waals surface area contributed by atoms with Crippen molar-refractivity contribution in [2.75, 3.05) is 13.1 Å². The second-order valence-electron chi connectivity index (χ2n) is 4.79. The Morgan fingerprint density at radius 2 is 1.86 bits per heavy atom. The molecule has 0 saturated heterocycles. The summed E-state index contributed by atoms with van der Waals surface area (Å²) in [5.74, 6) is -0.612. The minimum Gasteiger partial charge on any atom is -0.267 e. The molecule has 0 aliphatic heterocycles. The Kier molecular flexibility index (Phi) is 7.27.